The highest BCUT2D eigenvalue weighted by Crippen LogP contribution is 2.37. The van der Waals surface area contributed by atoms with Gasteiger partial charge in [0.25, 0.3) is 0 Å². The molecule has 0 spiro atoms. The van der Waals surface area contributed by atoms with Crippen molar-refractivity contribution in [2.75, 3.05) is 13.2 Å². The Kier molecular flexibility index (Phi) is 15.4. The van der Waals surface area contributed by atoms with Crippen molar-refractivity contribution in [2.24, 2.45) is 0 Å². The number of ether oxygens (including phenoxy) is 9. The van der Waals surface area contributed by atoms with Gasteiger partial charge in [-0.25, -0.2) is 0 Å². The molecule has 0 unspecified atom stereocenters. The van der Waals surface area contributed by atoms with Crippen molar-refractivity contribution in [1.29, 1.82) is 0 Å². The Morgan fingerprint density at radius 3 is 1.46 bits per heavy atom. The number of hydrogen-bond acceptors (Lipinski definition) is 23. The van der Waals surface area contributed by atoms with Crippen LogP contribution in [-0.2, 0) is 47.4 Å². The van der Waals surface area contributed by atoms with Gasteiger partial charge in [0, 0.05) is 6.92 Å². The molecular formula is C32H55NO23. The number of amides is 1. The highest BCUT2D eigenvalue weighted by molar-refractivity contribution is 5.73. The molecule has 25 atom stereocenters. The highest BCUT2D eigenvalue weighted by atomic mass is 16.8. The van der Waals surface area contributed by atoms with E-state index in [1.54, 1.807) is 0 Å². The first-order valence-electron chi connectivity index (χ1n) is 18.2. The molecule has 5 saturated heterocycles. The fourth-order valence-corrected chi connectivity index (χ4v) is 7.22. The minimum atomic E-state index is -2.00. The Labute approximate surface area is 319 Å². The molecule has 0 aromatic carbocycles. The fourth-order valence-electron chi connectivity index (χ4n) is 7.22. The second kappa shape index (κ2) is 18.9. The molecule has 1 amide bonds. The van der Waals surface area contributed by atoms with Crippen molar-refractivity contribution in [3.8, 4) is 0 Å². The lowest BCUT2D eigenvalue weighted by Gasteiger charge is -2.50. The Morgan fingerprint density at radius 1 is 0.464 bits per heavy atom. The highest BCUT2D eigenvalue weighted by Gasteiger charge is 2.57. The van der Waals surface area contributed by atoms with Crippen molar-refractivity contribution in [1.82, 2.24) is 5.32 Å². The summed E-state index contributed by atoms with van der Waals surface area (Å²) in [6, 6.07) is -1.46. The summed E-state index contributed by atoms with van der Waals surface area (Å²) in [5, 5.41) is 141. The molecule has 56 heavy (non-hydrogen) atoms. The van der Waals surface area contributed by atoms with Crippen LogP contribution >= 0.6 is 0 Å². The summed E-state index contributed by atoms with van der Waals surface area (Å²) in [5.41, 5.74) is 0. The molecule has 24 heteroatoms. The number of rotatable bonds is 11. The molecule has 0 aromatic rings. The summed E-state index contributed by atoms with van der Waals surface area (Å²) in [5.74, 6) is -0.670. The molecule has 5 aliphatic heterocycles. The van der Waals surface area contributed by atoms with Crippen LogP contribution < -0.4 is 5.32 Å². The number of aliphatic hydroxyl groups excluding tert-OH is 13. The molecule has 24 nitrogen and oxygen atoms in total. The van der Waals surface area contributed by atoms with Crippen LogP contribution in [0, 0.1) is 0 Å². The van der Waals surface area contributed by atoms with E-state index in [9.17, 15) is 71.2 Å². The SMILES string of the molecule is CC(=O)N[C@@H]1[C@@H](O[C@@H]2O[C@@H](C)[C@H](O)[C@@H](O[C@@H]3O[C@@H](C)[C@H](O)[C@@H](O[C@H]4O[C@H](CO)[C@@H](O)[C@H](O)[C@H]4O)[C@H]3O[C@@H]3O[C@@H](C)[C@H](O)[C@@H](O)[C@H]3O)[C@H]2O)[C@H](O)[C@@H](CO)O[C@H]1O. The molecule has 5 heterocycles. The van der Waals surface area contributed by atoms with Gasteiger partial charge in [0.1, 0.15) is 104 Å². The normalized spacial score (nSPS) is 53.1. The maximum atomic E-state index is 12.0. The first-order valence-corrected chi connectivity index (χ1v) is 18.2. The molecule has 14 N–H and O–H groups in total. The second-order valence-electron chi connectivity index (χ2n) is 14.6. The van der Waals surface area contributed by atoms with E-state index in [1.165, 1.54) is 20.8 Å². The Hall–Kier alpha value is -1.41. The van der Waals surface area contributed by atoms with E-state index in [0.29, 0.717) is 0 Å². The molecule has 326 valence electrons. The van der Waals surface area contributed by atoms with Gasteiger partial charge in [-0.15, -0.1) is 0 Å². The molecule has 0 aliphatic carbocycles. The maximum Gasteiger partial charge on any atom is 0.217 e. The topological polar surface area (TPSA) is 375 Å². The monoisotopic (exact) mass is 821 g/mol. The number of aliphatic hydroxyl groups is 13. The van der Waals surface area contributed by atoms with Gasteiger partial charge in [-0.1, -0.05) is 0 Å². The van der Waals surface area contributed by atoms with Crippen LogP contribution in [0.15, 0.2) is 0 Å². The molecule has 5 fully saturated rings. The van der Waals surface area contributed by atoms with Crippen molar-refractivity contribution in [3.63, 3.8) is 0 Å². The van der Waals surface area contributed by atoms with Gasteiger partial charge in [0.15, 0.2) is 31.5 Å². The van der Waals surface area contributed by atoms with Gasteiger partial charge < -0.3 is 114 Å². The quantitative estimate of drug-likeness (QED) is 0.0920. The lowest BCUT2D eigenvalue weighted by Crippen LogP contribution is -2.69. The fraction of sp³-hybridized carbons (Fsp3) is 0.969. The molecule has 0 bridgehead atoms. The van der Waals surface area contributed by atoms with Crippen LogP contribution in [0.1, 0.15) is 27.7 Å². The Morgan fingerprint density at radius 2 is 0.893 bits per heavy atom. The Bertz CT molecular complexity index is 1270. The standard InChI is InChI=1S/C32H55NO23/c1-7-14(37)19(42)21(44)29(48-7)56-27-26(55-30-22(45)20(43)17(40)11(5-34)52-30)16(39)9(3)50-32(27)54-25-15(38)8(2)49-31(23(25)46)53-24-13(33-10(4)36)28(47)51-12(6-35)18(24)41/h7-9,11-32,34-35,37-47H,5-6H2,1-4H3,(H,33,36)/t7-,8-,9-,11+,12+,13+,14-,15-,16-,17+,18+,19+,20-,21+,22+,23+,24+,25+,26+,27+,28+,29-,30+,31-,32-/m0/s1. The van der Waals surface area contributed by atoms with Crippen LogP contribution in [0.3, 0.4) is 0 Å². The zero-order chi connectivity index (χ0) is 41.5. The van der Waals surface area contributed by atoms with Crippen molar-refractivity contribution in [3.05, 3.63) is 0 Å². The first kappa shape index (κ1) is 45.7. The van der Waals surface area contributed by atoms with E-state index in [0.717, 1.165) is 6.92 Å². The summed E-state index contributed by atoms with van der Waals surface area (Å²) in [4.78, 5) is 12.0. The van der Waals surface area contributed by atoms with Gasteiger partial charge in [0.2, 0.25) is 5.91 Å². The summed E-state index contributed by atoms with van der Waals surface area (Å²) in [6.45, 7) is 3.54. The van der Waals surface area contributed by atoms with Crippen LogP contribution in [0.4, 0.5) is 0 Å². The average molecular weight is 822 g/mol. The minimum Gasteiger partial charge on any atom is -0.394 e. The van der Waals surface area contributed by atoms with Crippen LogP contribution in [0.25, 0.3) is 0 Å². The Balaban J connectivity index is 1.45. The molecular weight excluding hydrogens is 766 g/mol. The smallest absolute Gasteiger partial charge is 0.217 e. The van der Waals surface area contributed by atoms with Crippen molar-refractivity contribution in [2.45, 2.75) is 181 Å². The number of carbonyl (C=O) groups is 1. The zero-order valence-electron chi connectivity index (χ0n) is 30.7. The predicted octanol–water partition coefficient (Wildman–Crippen LogP) is -8.70. The lowest BCUT2D eigenvalue weighted by atomic mass is 9.95. The minimum absolute atomic E-state index is 0.670. The summed E-state index contributed by atoms with van der Waals surface area (Å²) in [6.07, 6.45) is -40.7. The van der Waals surface area contributed by atoms with Gasteiger partial charge in [-0.3, -0.25) is 4.79 Å². The number of nitrogens with one attached hydrogen (secondary N) is 1. The number of hydrogen-bond donors (Lipinski definition) is 14. The van der Waals surface area contributed by atoms with Crippen molar-refractivity contribution < 1.29 is 114 Å². The molecule has 0 aromatic heterocycles. The third-order valence-electron chi connectivity index (χ3n) is 10.6. The van der Waals surface area contributed by atoms with Gasteiger partial charge >= 0.3 is 0 Å². The maximum absolute atomic E-state index is 12.0. The van der Waals surface area contributed by atoms with Gasteiger partial charge in [-0.05, 0) is 20.8 Å². The van der Waals surface area contributed by atoms with Crippen LogP contribution in [0.2, 0.25) is 0 Å². The van der Waals surface area contributed by atoms with Gasteiger partial charge in [0.05, 0.1) is 31.5 Å². The van der Waals surface area contributed by atoms with E-state index in [-0.39, 0.29) is 0 Å². The molecule has 5 rings (SSSR count). The molecule has 0 radical (unpaired) electrons. The lowest BCUT2D eigenvalue weighted by molar-refractivity contribution is -0.404. The van der Waals surface area contributed by atoms with Gasteiger partial charge in [-0.2, -0.15) is 0 Å². The first-order chi connectivity index (χ1) is 26.3. The van der Waals surface area contributed by atoms with Crippen molar-refractivity contribution >= 4 is 5.91 Å². The van der Waals surface area contributed by atoms with Crippen LogP contribution in [0.5, 0.6) is 0 Å². The second-order valence-corrected chi connectivity index (χ2v) is 14.6. The largest absolute Gasteiger partial charge is 0.394 e. The summed E-state index contributed by atoms with van der Waals surface area (Å²) in [7, 11) is 0. The average Bonchev–Trinajstić information content (AvgIpc) is 3.15. The number of carbonyl (C=O) groups excluding carboxylic acids is 1. The molecule has 0 saturated carbocycles. The van der Waals surface area contributed by atoms with E-state index in [4.69, 9.17) is 42.6 Å². The zero-order valence-corrected chi connectivity index (χ0v) is 30.7. The van der Waals surface area contributed by atoms with E-state index in [2.05, 4.69) is 5.32 Å². The third-order valence-corrected chi connectivity index (χ3v) is 10.6. The molecule has 5 aliphatic rings. The predicted molar refractivity (Wildman–Crippen MR) is 174 cm³/mol. The van der Waals surface area contributed by atoms with E-state index in [1.807, 2.05) is 0 Å². The van der Waals surface area contributed by atoms with E-state index < -0.39 is 173 Å². The third kappa shape index (κ3) is 9.31. The van der Waals surface area contributed by atoms with E-state index >= 15 is 0 Å². The summed E-state index contributed by atoms with van der Waals surface area (Å²) >= 11 is 0. The summed E-state index contributed by atoms with van der Waals surface area (Å²) < 4.78 is 51.8. The van der Waals surface area contributed by atoms with Crippen LogP contribution in [-0.4, -0.2) is 239 Å².